The van der Waals surface area contributed by atoms with Gasteiger partial charge in [-0.1, -0.05) is 84.9 Å². The Kier molecular flexibility index (Phi) is 12.6. The van der Waals surface area contributed by atoms with Gasteiger partial charge in [0.05, 0.1) is 17.5 Å². The van der Waals surface area contributed by atoms with Gasteiger partial charge in [0.2, 0.25) is 21.8 Å². The van der Waals surface area contributed by atoms with Gasteiger partial charge in [-0.25, -0.2) is 8.42 Å². The molecule has 47 heavy (non-hydrogen) atoms. The molecule has 1 unspecified atom stereocenters. The van der Waals surface area contributed by atoms with Crippen molar-refractivity contribution in [1.82, 2.24) is 10.2 Å². The molecule has 254 valence electrons. The lowest BCUT2D eigenvalue weighted by Gasteiger charge is -2.34. The van der Waals surface area contributed by atoms with Crippen LogP contribution in [0.4, 0.5) is 18.9 Å². The number of carbonyl (C=O) groups excluding carboxylic acids is 2. The monoisotopic (exact) mass is 711 g/mol. The molecule has 0 bridgehead atoms. The summed E-state index contributed by atoms with van der Waals surface area (Å²) in [6.07, 6.45) is 0.965. The molecule has 0 radical (unpaired) electrons. The summed E-state index contributed by atoms with van der Waals surface area (Å²) in [7, 11) is -4.00. The number of amides is 2. The predicted molar refractivity (Wildman–Crippen MR) is 179 cm³/mol. The van der Waals surface area contributed by atoms with Crippen LogP contribution in [-0.2, 0) is 38.8 Å². The third kappa shape index (κ3) is 10.4. The van der Waals surface area contributed by atoms with Gasteiger partial charge < -0.3 is 10.2 Å². The zero-order valence-corrected chi connectivity index (χ0v) is 28.3. The van der Waals surface area contributed by atoms with Crippen molar-refractivity contribution >= 4 is 50.7 Å². The van der Waals surface area contributed by atoms with Gasteiger partial charge >= 0.3 is 6.18 Å². The van der Waals surface area contributed by atoms with E-state index in [1.165, 1.54) is 11.0 Å². The van der Waals surface area contributed by atoms with E-state index in [1.807, 2.05) is 30.3 Å². The van der Waals surface area contributed by atoms with E-state index in [4.69, 9.17) is 23.2 Å². The number of nitrogens with zero attached hydrogens (tertiary/aromatic N) is 2. The van der Waals surface area contributed by atoms with Crippen molar-refractivity contribution in [3.05, 3.63) is 99.5 Å². The van der Waals surface area contributed by atoms with E-state index < -0.39 is 33.7 Å². The number of hydrogen-bond donors (Lipinski definition) is 1. The maximum absolute atomic E-state index is 14.1. The fraction of sp³-hybridized carbons (Fsp3) is 0.412. The summed E-state index contributed by atoms with van der Waals surface area (Å²) in [5, 5.41) is 3.77. The molecular formula is C34H38Cl2F3N3O4S. The highest BCUT2D eigenvalue weighted by Gasteiger charge is 2.34. The van der Waals surface area contributed by atoms with Crippen molar-refractivity contribution in [2.45, 2.75) is 76.2 Å². The summed E-state index contributed by atoms with van der Waals surface area (Å²) in [6, 6.07) is 17.3. The standard InChI is InChI=1S/C34H38Cl2F3N3O4S/c1-47(45,46)42(27-16-8-13-25(22-27)34(37,38)39)20-10-19-32(43)41(23-28-29(35)17-9-18-30(28)36)31(21-24-11-4-2-5-12-24)33(44)40-26-14-6-3-7-15-26/h2,4-5,8-9,11-13,16-18,22,26,31H,3,6-7,10,14-15,19-21,23H2,1H3,(H,40,44). The van der Waals surface area contributed by atoms with Crippen LogP contribution in [0.15, 0.2) is 72.8 Å². The van der Waals surface area contributed by atoms with Gasteiger partial charge in [0, 0.05) is 47.6 Å². The molecule has 1 aliphatic rings. The van der Waals surface area contributed by atoms with Gasteiger partial charge in [0.15, 0.2) is 0 Å². The molecule has 0 aliphatic heterocycles. The topological polar surface area (TPSA) is 86.8 Å². The van der Waals surface area contributed by atoms with Gasteiger partial charge in [-0.2, -0.15) is 13.2 Å². The zero-order valence-electron chi connectivity index (χ0n) is 26.0. The lowest BCUT2D eigenvalue weighted by Crippen LogP contribution is -2.53. The van der Waals surface area contributed by atoms with Crippen molar-refractivity contribution in [3.8, 4) is 0 Å². The molecule has 0 aromatic heterocycles. The summed E-state index contributed by atoms with van der Waals surface area (Å²) in [6.45, 7) is -0.347. The van der Waals surface area contributed by atoms with Crippen molar-refractivity contribution in [1.29, 1.82) is 0 Å². The van der Waals surface area contributed by atoms with E-state index in [2.05, 4.69) is 5.32 Å². The fourth-order valence-electron chi connectivity index (χ4n) is 5.79. The molecule has 1 aliphatic carbocycles. The van der Waals surface area contributed by atoms with Crippen LogP contribution < -0.4 is 9.62 Å². The van der Waals surface area contributed by atoms with Crippen LogP contribution in [0.5, 0.6) is 0 Å². The maximum Gasteiger partial charge on any atom is 0.416 e. The minimum atomic E-state index is -4.67. The molecule has 7 nitrogen and oxygen atoms in total. The van der Waals surface area contributed by atoms with Crippen LogP contribution in [0.2, 0.25) is 10.0 Å². The number of hydrogen-bond acceptors (Lipinski definition) is 4. The maximum atomic E-state index is 14.1. The largest absolute Gasteiger partial charge is 0.416 e. The average Bonchev–Trinajstić information content (AvgIpc) is 3.02. The van der Waals surface area contributed by atoms with Crippen molar-refractivity contribution in [3.63, 3.8) is 0 Å². The first-order valence-electron chi connectivity index (χ1n) is 15.5. The summed E-state index contributed by atoms with van der Waals surface area (Å²) >= 11 is 13.0. The van der Waals surface area contributed by atoms with E-state index in [0.717, 1.165) is 66.4 Å². The van der Waals surface area contributed by atoms with E-state index in [9.17, 15) is 31.2 Å². The number of carbonyl (C=O) groups is 2. The number of sulfonamides is 1. The Hall–Kier alpha value is -3.28. The van der Waals surface area contributed by atoms with E-state index in [-0.39, 0.29) is 50.0 Å². The Morgan fingerprint density at radius 1 is 0.936 bits per heavy atom. The molecule has 13 heteroatoms. The highest BCUT2D eigenvalue weighted by molar-refractivity contribution is 7.92. The molecule has 3 aromatic rings. The van der Waals surface area contributed by atoms with Gasteiger partial charge in [-0.15, -0.1) is 0 Å². The van der Waals surface area contributed by atoms with Gasteiger partial charge in [0.25, 0.3) is 0 Å². The van der Waals surface area contributed by atoms with Crippen LogP contribution in [0, 0.1) is 0 Å². The number of nitrogens with one attached hydrogen (secondary N) is 1. The minimum Gasteiger partial charge on any atom is -0.352 e. The Morgan fingerprint density at radius 3 is 2.19 bits per heavy atom. The van der Waals surface area contributed by atoms with E-state index >= 15 is 0 Å². The summed E-state index contributed by atoms with van der Waals surface area (Å²) in [5.41, 5.74) is 0.125. The zero-order chi connectivity index (χ0) is 34.2. The van der Waals surface area contributed by atoms with Crippen LogP contribution in [0.25, 0.3) is 0 Å². The first kappa shape index (κ1) is 36.6. The number of benzene rings is 3. The first-order chi connectivity index (χ1) is 22.2. The third-order valence-electron chi connectivity index (χ3n) is 8.23. The molecule has 0 heterocycles. The Bertz CT molecular complexity index is 1610. The molecule has 1 N–H and O–H groups in total. The number of rotatable bonds is 13. The molecule has 0 saturated heterocycles. The Balaban J connectivity index is 1.63. The van der Waals surface area contributed by atoms with Crippen LogP contribution in [0.1, 0.15) is 61.6 Å². The molecule has 1 saturated carbocycles. The molecule has 4 rings (SSSR count). The van der Waals surface area contributed by atoms with Crippen LogP contribution >= 0.6 is 23.2 Å². The molecule has 1 atom stereocenters. The Labute approximate surface area is 284 Å². The SMILES string of the molecule is CS(=O)(=O)N(CCCC(=O)N(Cc1c(Cl)cccc1Cl)C(Cc1ccccc1)C(=O)NC1CCCCC1)c1cccc(C(F)(F)F)c1. The highest BCUT2D eigenvalue weighted by Crippen LogP contribution is 2.33. The normalized spacial score (nSPS) is 14.8. The number of alkyl halides is 3. The highest BCUT2D eigenvalue weighted by atomic mass is 35.5. The summed E-state index contributed by atoms with van der Waals surface area (Å²) in [4.78, 5) is 29.5. The molecular weight excluding hydrogens is 674 g/mol. The second kappa shape index (κ2) is 16.2. The fourth-order valence-corrected chi connectivity index (χ4v) is 7.27. The lowest BCUT2D eigenvalue weighted by molar-refractivity contribution is -0.141. The molecule has 3 aromatic carbocycles. The van der Waals surface area contributed by atoms with Gasteiger partial charge in [0.1, 0.15) is 6.04 Å². The van der Waals surface area contributed by atoms with Crippen molar-refractivity contribution in [2.24, 2.45) is 0 Å². The second-order valence-electron chi connectivity index (χ2n) is 11.8. The first-order valence-corrected chi connectivity index (χ1v) is 18.1. The van der Waals surface area contributed by atoms with E-state index in [1.54, 1.807) is 18.2 Å². The minimum absolute atomic E-state index is 0.0221. The van der Waals surface area contributed by atoms with E-state index in [0.29, 0.717) is 15.6 Å². The average molecular weight is 713 g/mol. The third-order valence-corrected chi connectivity index (χ3v) is 10.1. The smallest absolute Gasteiger partial charge is 0.352 e. The predicted octanol–water partition coefficient (Wildman–Crippen LogP) is 7.65. The molecule has 2 amide bonds. The summed E-state index contributed by atoms with van der Waals surface area (Å²) in [5.74, 6) is -0.780. The Morgan fingerprint density at radius 2 is 1.57 bits per heavy atom. The van der Waals surface area contributed by atoms with Gasteiger partial charge in [-0.05, 0) is 55.2 Å². The number of anilines is 1. The van der Waals surface area contributed by atoms with Crippen LogP contribution in [-0.4, -0.2) is 50.0 Å². The van der Waals surface area contributed by atoms with Crippen LogP contribution in [0.3, 0.4) is 0 Å². The van der Waals surface area contributed by atoms with Crippen molar-refractivity contribution in [2.75, 3.05) is 17.1 Å². The molecule has 0 spiro atoms. The quantitative estimate of drug-likeness (QED) is 0.197. The number of halogens is 5. The molecule has 1 fully saturated rings. The summed E-state index contributed by atoms with van der Waals surface area (Å²) < 4.78 is 66.4. The van der Waals surface area contributed by atoms with Crippen molar-refractivity contribution < 1.29 is 31.2 Å². The lowest BCUT2D eigenvalue weighted by atomic mass is 9.94. The second-order valence-corrected chi connectivity index (χ2v) is 14.5. The van der Waals surface area contributed by atoms with Gasteiger partial charge in [-0.3, -0.25) is 13.9 Å².